The van der Waals surface area contributed by atoms with Crippen molar-refractivity contribution in [1.82, 2.24) is 0 Å². The van der Waals surface area contributed by atoms with E-state index >= 15 is 0 Å². The summed E-state index contributed by atoms with van der Waals surface area (Å²) in [7, 11) is 0. The molecule has 0 fully saturated rings. The summed E-state index contributed by atoms with van der Waals surface area (Å²) in [5.74, 6) is 0.666. The molecule has 0 aliphatic carbocycles. The summed E-state index contributed by atoms with van der Waals surface area (Å²) in [6.45, 7) is 1.79. The molecule has 2 nitrogen and oxygen atoms in total. The van der Waals surface area contributed by atoms with Gasteiger partial charge in [-0.3, -0.25) is 4.79 Å². The number of hydrogen-bond donors (Lipinski definition) is 0. The minimum atomic E-state index is 0.635. The molecular weight excluding hydrogens is 176 g/mol. The molecule has 0 radical (unpaired) electrons. The lowest BCUT2D eigenvalue weighted by molar-refractivity contribution is 0.112. The van der Waals surface area contributed by atoms with Gasteiger partial charge < -0.3 is 4.42 Å². The lowest BCUT2D eigenvalue weighted by atomic mass is 10.0. The molecule has 0 aliphatic rings. The third kappa shape index (κ3) is 1.35. The average molecular weight is 186 g/mol. The number of benzene rings is 1. The molecule has 2 aromatic rings. The zero-order valence-corrected chi connectivity index (χ0v) is 7.86. The highest BCUT2D eigenvalue weighted by Crippen LogP contribution is 2.26. The second kappa shape index (κ2) is 3.50. The van der Waals surface area contributed by atoms with E-state index in [4.69, 9.17) is 4.42 Å². The highest BCUT2D eigenvalue weighted by Gasteiger charge is 2.10. The smallest absolute Gasteiger partial charge is 0.154 e. The van der Waals surface area contributed by atoms with E-state index in [9.17, 15) is 4.79 Å². The van der Waals surface area contributed by atoms with Gasteiger partial charge in [-0.2, -0.15) is 0 Å². The lowest BCUT2D eigenvalue weighted by Crippen LogP contribution is -1.83. The van der Waals surface area contributed by atoms with Crippen LogP contribution >= 0.6 is 0 Å². The van der Waals surface area contributed by atoms with Gasteiger partial charge in [0.1, 0.15) is 5.76 Å². The fourth-order valence-corrected chi connectivity index (χ4v) is 1.45. The Labute approximate surface area is 82.2 Å². The first-order valence-corrected chi connectivity index (χ1v) is 4.41. The molecule has 0 N–H and O–H groups in total. The van der Waals surface area contributed by atoms with Crippen molar-refractivity contribution in [3.05, 3.63) is 47.9 Å². The molecule has 2 rings (SSSR count). The molecule has 0 saturated carbocycles. The predicted octanol–water partition coefficient (Wildman–Crippen LogP) is 3.07. The summed E-state index contributed by atoms with van der Waals surface area (Å²) in [5.41, 5.74) is 2.50. The summed E-state index contributed by atoms with van der Waals surface area (Å²) in [6.07, 6.45) is 2.45. The zero-order chi connectivity index (χ0) is 9.97. The van der Waals surface area contributed by atoms with Crippen molar-refractivity contribution in [3.8, 4) is 11.1 Å². The molecule has 0 saturated heterocycles. The van der Waals surface area contributed by atoms with Gasteiger partial charge in [0, 0.05) is 5.56 Å². The Morgan fingerprint density at radius 2 is 1.93 bits per heavy atom. The Kier molecular flexibility index (Phi) is 2.19. The molecule has 1 aromatic heterocycles. The first-order chi connectivity index (χ1) is 6.83. The zero-order valence-electron chi connectivity index (χ0n) is 7.86. The first kappa shape index (κ1) is 8.75. The normalized spacial score (nSPS) is 10.1. The van der Waals surface area contributed by atoms with Gasteiger partial charge in [0.05, 0.1) is 11.8 Å². The van der Waals surface area contributed by atoms with Gasteiger partial charge in [-0.15, -0.1) is 0 Å². The van der Waals surface area contributed by atoms with E-state index in [1.165, 1.54) is 0 Å². The van der Waals surface area contributed by atoms with Gasteiger partial charge >= 0.3 is 0 Å². The standard InChI is InChI=1S/C12H10O2/c1-9-11(7-13)12(8-14-9)10-5-3-2-4-6-10/h2-8H,1H3. The Balaban J connectivity index is 2.57. The fourth-order valence-electron chi connectivity index (χ4n) is 1.45. The summed E-state index contributed by atoms with van der Waals surface area (Å²) < 4.78 is 5.21. The number of carbonyl (C=O) groups is 1. The molecule has 0 amide bonds. The van der Waals surface area contributed by atoms with Crippen LogP contribution in [0.25, 0.3) is 11.1 Å². The molecule has 0 aliphatic heterocycles. The summed E-state index contributed by atoms with van der Waals surface area (Å²) in [5, 5.41) is 0. The number of carbonyl (C=O) groups excluding carboxylic acids is 1. The topological polar surface area (TPSA) is 30.2 Å². The van der Waals surface area contributed by atoms with Crippen LogP contribution in [0.1, 0.15) is 16.1 Å². The number of aldehydes is 1. The minimum Gasteiger partial charge on any atom is -0.468 e. The van der Waals surface area contributed by atoms with E-state index in [1.807, 2.05) is 30.3 Å². The van der Waals surface area contributed by atoms with Crippen molar-refractivity contribution in [2.45, 2.75) is 6.92 Å². The summed E-state index contributed by atoms with van der Waals surface area (Å²) >= 11 is 0. The molecule has 14 heavy (non-hydrogen) atoms. The van der Waals surface area contributed by atoms with Crippen molar-refractivity contribution < 1.29 is 9.21 Å². The van der Waals surface area contributed by atoms with E-state index in [1.54, 1.807) is 13.2 Å². The maximum absolute atomic E-state index is 10.8. The van der Waals surface area contributed by atoms with Gasteiger partial charge in [-0.05, 0) is 12.5 Å². The van der Waals surface area contributed by atoms with Gasteiger partial charge in [0.25, 0.3) is 0 Å². The largest absolute Gasteiger partial charge is 0.468 e. The second-order valence-corrected chi connectivity index (χ2v) is 3.10. The van der Waals surface area contributed by atoms with Crippen LogP contribution in [0.15, 0.2) is 41.0 Å². The molecule has 2 heteroatoms. The number of furan rings is 1. The van der Waals surface area contributed by atoms with E-state index < -0.39 is 0 Å². The maximum Gasteiger partial charge on any atom is 0.154 e. The average Bonchev–Trinajstić information content (AvgIpc) is 2.61. The van der Waals surface area contributed by atoms with Crippen LogP contribution in [-0.2, 0) is 0 Å². The fraction of sp³-hybridized carbons (Fsp3) is 0.0833. The SMILES string of the molecule is Cc1occ(-c2ccccc2)c1C=O. The first-order valence-electron chi connectivity index (χ1n) is 4.41. The summed E-state index contributed by atoms with van der Waals surface area (Å²) in [6, 6.07) is 9.73. The highest BCUT2D eigenvalue weighted by atomic mass is 16.3. The van der Waals surface area contributed by atoms with Crippen molar-refractivity contribution >= 4 is 6.29 Å². The molecule has 0 bridgehead atoms. The van der Waals surface area contributed by atoms with Crippen molar-refractivity contribution in [2.75, 3.05) is 0 Å². The van der Waals surface area contributed by atoms with E-state index in [-0.39, 0.29) is 0 Å². The van der Waals surface area contributed by atoms with Gasteiger partial charge in [-0.25, -0.2) is 0 Å². The lowest BCUT2D eigenvalue weighted by Gasteiger charge is -1.96. The predicted molar refractivity (Wildman–Crippen MR) is 54.3 cm³/mol. The van der Waals surface area contributed by atoms with E-state index in [0.29, 0.717) is 11.3 Å². The van der Waals surface area contributed by atoms with Gasteiger partial charge in [-0.1, -0.05) is 30.3 Å². The third-order valence-corrected chi connectivity index (χ3v) is 2.23. The third-order valence-electron chi connectivity index (χ3n) is 2.23. The highest BCUT2D eigenvalue weighted by molar-refractivity contribution is 5.88. The van der Waals surface area contributed by atoms with Crippen LogP contribution < -0.4 is 0 Å². The van der Waals surface area contributed by atoms with Gasteiger partial charge in [0.2, 0.25) is 0 Å². The Hall–Kier alpha value is -1.83. The molecule has 1 aromatic carbocycles. The Morgan fingerprint density at radius 1 is 1.21 bits per heavy atom. The van der Waals surface area contributed by atoms with Crippen LogP contribution in [0, 0.1) is 6.92 Å². The quantitative estimate of drug-likeness (QED) is 0.674. The molecule has 70 valence electrons. The molecule has 0 atom stereocenters. The van der Waals surface area contributed by atoms with Crippen molar-refractivity contribution in [1.29, 1.82) is 0 Å². The van der Waals surface area contributed by atoms with Crippen molar-refractivity contribution in [2.24, 2.45) is 0 Å². The minimum absolute atomic E-state index is 0.635. The number of hydrogen-bond acceptors (Lipinski definition) is 2. The molecular formula is C12H10O2. The van der Waals surface area contributed by atoms with Crippen LogP contribution in [0.5, 0.6) is 0 Å². The second-order valence-electron chi connectivity index (χ2n) is 3.10. The molecule has 1 heterocycles. The van der Waals surface area contributed by atoms with Crippen LogP contribution in [-0.4, -0.2) is 6.29 Å². The van der Waals surface area contributed by atoms with Crippen molar-refractivity contribution in [3.63, 3.8) is 0 Å². The molecule has 0 unspecified atom stereocenters. The monoisotopic (exact) mass is 186 g/mol. The van der Waals surface area contributed by atoms with E-state index in [0.717, 1.165) is 17.4 Å². The summed E-state index contributed by atoms with van der Waals surface area (Å²) in [4.78, 5) is 10.8. The number of rotatable bonds is 2. The van der Waals surface area contributed by atoms with Crippen LogP contribution in [0.2, 0.25) is 0 Å². The molecule has 0 spiro atoms. The van der Waals surface area contributed by atoms with Crippen LogP contribution in [0.3, 0.4) is 0 Å². The Morgan fingerprint density at radius 3 is 2.57 bits per heavy atom. The maximum atomic E-state index is 10.8. The van der Waals surface area contributed by atoms with E-state index in [2.05, 4.69) is 0 Å². The Bertz CT molecular complexity index is 441. The number of aryl methyl sites for hydroxylation is 1. The van der Waals surface area contributed by atoms with Gasteiger partial charge in [0.15, 0.2) is 6.29 Å². The van der Waals surface area contributed by atoms with Crippen LogP contribution in [0.4, 0.5) is 0 Å².